The maximum atomic E-state index is 12.6. The lowest BCUT2D eigenvalue weighted by Crippen LogP contribution is -2.42. The average molecular weight is 460 g/mol. The van der Waals surface area contributed by atoms with Crippen LogP contribution in [0.15, 0.2) is 24.3 Å². The van der Waals surface area contributed by atoms with E-state index in [9.17, 15) is 24.5 Å². The van der Waals surface area contributed by atoms with Gasteiger partial charge in [0.15, 0.2) is 0 Å². The van der Waals surface area contributed by atoms with Crippen molar-refractivity contribution in [2.24, 2.45) is 0 Å². The lowest BCUT2D eigenvalue weighted by molar-refractivity contribution is -0.386. The first-order valence-electron chi connectivity index (χ1n) is 10.2. The molecule has 10 nitrogen and oxygen atoms in total. The van der Waals surface area contributed by atoms with Crippen molar-refractivity contribution in [2.75, 3.05) is 7.11 Å². The Morgan fingerprint density at radius 1 is 1.33 bits per heavy atom. The smallest absolute Gasteiger partial charge is 0.330 e. The molecule has 178 valence electrons. The molecule has 2 N–H and O–H groups in total. The predicted molar refractivity (Wildman–Crippen MR) is 120 cm³/mol. The number of esters is 1. The number of aryl methyl sites for hydroxylation is 1. The van der Waals surface area contributed by atoms with Crippen molar-refractivity contribution >= 4 is 23.5 Å². The molecule has 0 aliphatic carbocycles. The van der Waals surface area contributed by atoms with Crippen molar-refractivity contribution in [2.45, 2.75) is 58.1 Å². The number of terminal acetylenes is 1. The lowest BCUT2D eigenvalue weighted by Gasteiger charge is -2.20. The standard InChI is InChI=1S/C23H28N2O8/c1-6-9-18(24-22(28)14(2)3)23(29)33-15(4)17-13-20(32-5)16(12-19(17)25(30)31)10-7-8-11-21(26)27/h1,12-13,15,18H,2,7-11H2,3-5H3,(H,24,28)(H,26,27). The van der Waals surface area contributed by atoms with Crippen molar-refractivity contribution in [3.8, 4) is 18.1 Å². The van der Waals surface area contributed by atoms with Gasteiger partial charge in [-0.15, -0.1) is 12.3 Å². The van der Waals surface area contributed by atoms with Gasteiger partial charge in [0.2, 0.25) is 5.91 Å². The fraction of sp³-hybridized carbons (Fsp3) is 0.435. The highest BCUT2D eigenvalue weighted by molar-refractivity contribution is 5.95. The molecule has 0 aromatic heterocycles. The number of nitro benzene ring substituents is 1. The van der Waals surface area contributed by atoms with Crippen LogP contribution < -0.4 is 10.1 Å². The molecule has 0 saturated heterocycles. The van der Waals surface area contributed by atoms with Crippen LogP contribution in [0.3, 0.4) is 0 Å². The molecule has 0 heterocycles. The predicted octanol–water partition coefficient (Wildman–Crippen LogP) is 3.09. The van der Waals surface area contributed by atoms with Crippen LogP contribution in [0.2, 0.25) is 0 Å². The van der Waals surface area contributed by atoms with Crippen molar-refractivity contribution in [3.05, 3.63) is 45.5 Å². The number of nitro groups is 1. The van der Waals surface area contributed by atoms with Gasteiger partial charge in [0.1, 0.15) is 17.9 Å². The highest BCUT2D eigenvalue weighted by atomic mass is 16.6. The van der Waals surface area contributed by atoms with E-state index in [2.05, 4.69) is 17.8 Å². The molecule has 2 unspecified atom stereocenters. The number of carboxylic acids is 1. The Bertz CT molecular complexity index is 964. The van der Waals surface area contributed by atoms with Gasteiger partial charge in [-0.2, -0.15) is 0 Å². The third-order valence-electron chi connectivity index (χ3n) is 4.74. The summed E-state index contributed by atoms with van der Waals surface area (Å²) in [5, 5.41) is 22.9. The number of hydrogen-bond donors (Lipinski definition) is 2. The van der Waals surface area contributed by atoms with Gasteiger partial charge < -0.3 is 19.9 Å². The number of unbranched alkanes of at least 4 members (excludes halogenated alkanes) is 1. The number of carbonyl (C=O) groups excluding carboxylic acids is 2. The lowest BCUT2D eigenvalue weighted by atomic mass is 10.00. The number of nitrogens with zero attached hydrogens (tertiary/aromatic N) is 1. The van der Waals surface area contributed by atoms with Gasteiger partial charge in [0.05, 0.1) is 17.6 Å². The molecule has 0 fully saturated rings. The Labute approximate surface area is 192 Å². The molecule has 1 aromatic rings. The summed E-state index contributed by atoms with van der Waals surface area (Å²) in [6.07, 6.45) is 5.38. The van der Waals surface area contributed by atoms with Gasteiger partial charge in [-0.3, -0.25) is 19.7 Å². The summed E-state index contributed by atoms with van der Waals surface area (Å²) in [4.78, 5) is 46.2. The summed E-state index contributed by atoms with van der Waals surface area (Å²) in [5.74, 6) is 0.303. The molecule has 0 saturated carbocycles. The minimum atomic E-state index is -1.14. The van der Waals surface area contributed by atoms with E-state index < -0.39 is 34.9 Å². The fourth-order valence-electron chi connectivity index (χ4n) is 3.00. The molecule has 10 heteroatoms. The Kier molecular flexibility index (Phi) is 10.6. The normalized spacial score (nSPS) is 12.1. The second-order valence-corrected chi connectivity index (χ2v) is 7.37. The van der Waals surface area contributed by atoms with Crippen LogP contribution in [-0.4, -0.2) is 41.0 Å². The van der Waals surface area contributed by atoms with Gasteiger partial charge in [0, 0.05) is 30.0 Å². The minimum absolute atomic E-state index is 0.00375. The second-order valence-electron chi connectivity index (χ2n) is 7.37. The van der Waals surface area contributed by atoms with Crippen LogP contribution >= 0.6 is 0 Å². The van der Waals surface area contributed by atoms with Gasteiger partial charge in [0.25, 0.3) is 5.69 Å². The second kappa shape index (κ2) is 12.9. The number of nitrogens with one attached hydrogen (secondary N) is 1. The van der Waals surface area contributed by atoms with Crippen LogP contribution in [0.4, 0.5) is 5.69 Å². The summed E-state index contributed by atoms with van der Waals surface area (Å²) >= 11 is 0. The van der Waals surface area contributed by atoms with E-state index in [0.717, 1.165) is 0 Å². The van der Waals surface area contributed by atoms with E-state index in [1.807, 2.05) is 0 Å². The van der Waals surface area contributed by atoms with Crippen molar-refractivity contribution in [1.82, 2.24) is 5.32 Å². The van der Waals surface area contributed by atoms with Crippen molar-refractivity contribution in [3.63, 3.8) is 0 Å². The molecule has 1 aromatic carbocycles. The Morgan fingerprint density at radius 3 is 2.52 bits per heavy atom. The fourth-order valence-corrected chi connectivity index (χ4v) is 3.00. The first-order valence-corrected chi connectivity index (χ1v) is 10.2. The largest absolute Gasteiger partial charge is 0.496 e. The van der Waals surface area contributed by atoms with E-state index in [1.54, 1.807) is 0 Å². The van der Waals surface area contributed by atoms with E-state index >= 15 is 0 Å². The number of amides is 1. The summed E-state index contributed by atoms with van der Waals surface area (Å²) in [6, 6.07) is 1.61. The third kappa shape index (κ3) is 8.29. The molecule has 2 atom stereocenters. The average Bonchev–Trinajstić information content (AvgIpc) is 2.75. The molecule has 0 spiro atoms. The highest BCUT2D eigenvalue weighted by Crippen LogP contribution is 2.35. The van der Waals surface area contributed by atoms with E-state index in [-0.39, 0.29) is 29.7 Å². The van der Waals surface area contributed by atoms with Crippen LogP contribution in [-0.2, 0) is 25.5 Å². The molecule has 0 bridgehead atoms. The highest BCUT2D eigenvalue weighted by Gasteiger charge is 2.28. The zero-order chi connectivity index (χ0) is 25.1. The molecule has 0 radical (unpaired) electrons. The monoisotopic (exact) mass is 460 g/mol. The Morgan fingerprint density at radius 2 is 2.00 bits per heavy atom. The summed E-state index contributed by atoms with van der Waals surface area (Å²) in [6.45, 7) is 6.42. The molecular weight excluding hydrogens is 432 g/mol. The summed E-state index contributed by atoms with van der Waals surface area (Å²) in [5.41, 5.74) is 0.543. The number of carboxylic acid groups (broad SMARTS) is 1. The van der Waals surface area contributed by atoms with Crippen LogP contribution in [0, 0.1) is 22.5 Å². The Hall–Kier alpha value is -3.87. The van der Waals surface area contributed by atoms with Gasteiger partial charge in [-0.1, -0.05) is 6.58 Å². The molecular formula is C23H28N2O8. The molecule has 0 aliphatic rings. The first kappa shape index (κ1) is 27.2. The minimum Gasteiger partial charge on any atom is -0.496 e. The number of carbonyl (C=O) groups is 3. The first-order chi connectivity index (χ1) is 15.5. The zero-order valence-corrected chi connectivity index (χ0v) is 18.9. The number of hydrogen-bond acceptors (Lipinski definition) is 7. The van der Waals surface area contributed by atoms with E-state index in [4.69, 9.17) is 21.0 Å². The van der Waals surface area contributed by atoms with E-state index in [0.29, 0.717) is 30.6 Å². The van der Waals surface area contributed by atoms with Crippen LogP contribution in [0.1, 0.15) is 56.8 Å². The molecule has 33 heavy (non-hydrogen) atoms. The van der Waals surface area contributed by atoms with Crippen LogP contribution in [0.25, 0.3) is 0 Å². The van der Waals surface area contributed by atoms with Gasteiger partial charge in [-0.05, 0) is 39.2 Å². The maximum absolute atomic E-state index is 12.6. The number of ether oxygens (including phenoxy) is 2. The molecule has 1 amide bonds. The number of benzene rings is 1. The number of rotatable bonds is 13. The SMILES string of the molecule is C#CCC(NC(=O)C(=C)C)C(=O)OC(C)c1cc(OC)c(CCCCC(=O)O)cc1[N+](=O)[O-]. The Balaban J connectivity index is 3.13. The third-order valence-corrected chi connectivity index (χ3v) is 4.74. The van der Waals surface area contributed by atoms with Crippen molar-refractivity contribution < 1.29 is 33.9 Å². The quantitative estimate of drug-likeness (QED) is 0.114. The zero-order valence-electron chi connectivity index (χ0n) is 18.9. The van der Waals surface area contributed by atoms with Gasteiger partial charge >= 0.3 is 11.9 Å². The summed E-state index contributed by atoms with van der Waals surface area (Å²) in [7, 11) is 1.40. The molecule has 1 rings (SSSR count). The van der Waals surface area contributed by atoms with E-state index in [1.165, 1.54) is 33.1 Å². The van der Waals surface area contributed by atoms with Crippen LogP contribution in [0.5, 0.6) is 5.75 Å². The van der Waals surface area contributed by atoms with Crippen molar-refractivity contribution in [1.29, 1.82) is 0 Å². The number of aliphatic carboxylic acids is 1. The maximum Gasteiger partial charge on any atom is 0.330 e. The number of methoxy groups -OCH3 is 1. The van der Waals surface area contributed by atoms with Gasteiger partial charge in [-0.25, -0.2) is 4.79 Å². The molecule has 0 aliphatic heterocycles. The topological polar surface area (TPSA) is 145 Å². The summed E-state index contributed by atoms with van der Waals surface area (Å²) < 4.78 is 10.7.